The second kappa shape index (κ2) is 13.8. The molecule has 0 saturated heterocycles. The Hall–Kier alpha value is -1.50. The molecule has 3 aromatic rings. The van der Waals surface area contributed by atoms with Gasteiger partial charge < -0.3 is 17.6 Å². The molecule has 0 spiro atoms. The Morgan fingerprint density at radius 1 is 1.10 bits per heavy atom. The summed E-state index contributed by atoms with van der Waals surface area (Å²) in [6.07, 6.45) is 7.10. The second-order valence-electron chi connectivity index (χ2n) is 6.54. The molecule has 3 rings (SSSR count). The number of halogens is 4. The molecule has 3 aromatic heterocycles. The van der Waals surface area contributed by atoms with Gasteiger partial charge in [0.1, 0.15) is 5.69 Å². The van der Waals surface area contributed by atoms with Crippen LogP contribution in [0.3, 0.4) is 0 Å². The van der Waals surface area contributed by atoms with Crippen molar-refractivity contribution in [2.75, 3.05) is 0 Å². The number of aromatic nitrogens is 3. The summed E-state index contributed by atoms with van der Waals surface area (Å²) in [6.45, 7) is 2.21. The van der Waals surface area contributed by atoms with Gasteiger partial charge in [0.2, 0.25) is 0 Å². The minimum absolute atomic E-state index is 0. The van der Waals surface area contributed by atoms with Crippen LogP contribution in [0.5, 0.6) is 0 Å². The van der Waals surface area contributed by atoms with E-state index in [9.17, 15) is 13.2 Å². The van der Waals surface area contributed by atoms with E-state index in [4.69, 9.17) is 0 Å². The van der Waals surface area contributed by atoms with Crippen molar-refractivity contribution in [2.24, 2.45) is 0 Å². The van der Waals surface area contributed by atoms with E-state index in [-0.39, 0.29) is 13.1 Å². The average molecular weight is 556 g/mol. The van der Waals surface area contributed by atoms with Gasteiger partial charge in [-0.3, -0.25) is 4.98 Å². The van der Waals surface area contributed by atoms with Gasteiger partial charge in [0, 0.05) is 21.6 Å². The van der Waals surface area contributed by atoms with Gasteiger partial charge >= 0.3 is 33.2 Å². The number of nitrogens with zero attached hydrogens (tertiary/aromatic N) is 3. The van der Waals surface area contributed by atoms with E-state index >= 15 is 0 Å². The van der Waals surface area contributed by atoms with E-state index in [1.54, 1.807) is 29.7 Å². The van der Waals surface area contributed by atoms with Crippen molar-refractivity contribution in [2.45, 2.75) is 45.2 Å². The molecular weight excluding hydrogens is 532 g/mol. The van der Waals surface area contributed by atoms with E-state index in [1.807, 2.05) is 29.5 Å². The van der Waals surface area contributed by atoms with Gasteiger partial charge in [-0.25, -0.2) is 0 Å². The molecule has 9 heteroatoms. The monoisotopic (exact) mass is 556 g/mol. The van der Waals surface area contributed by atoms with Crippen molar-refractivity contribution in [3.63, 3.8) is 0 Å². The number of aryl methyl sites for hydroxylation is 1. The number of pyridine rings is 1. The van der Waals surface area contributed by atoms with Crippen molar-refractivity contribution in [1.82, 2.24) is 15.2 Å². The SMILES string of the molecule is CCCCCCc1ccc(/C=C/c2ccnc(-c3cc(C(F)(F)F)n[n-]3)c2)s1.[CH3-].[Cl][Ru+2]. The molecule has 3 heterocycles. The fourth-order valence-electron chi connectivity index (χ4n) is 2.77. The molecule has 0 fully saturated rings. The molecule has 31 heavy (non-hydrogen) atoms. The van der Waals surface area contributed by atoms with Gasteiger partial charge in [0.15, 0.2) is 0 Å². The zero-order chi connectivity index (χ0) is 22.0. The Morgan fingerprint density at radius 3 is 2.55 bits per heavy atom. The zero-order valence-corrected chi connectivity index (χ0v) is 20.6. The molecule has 0 atom stereocenters. The van der Waals surface area contributed by atoms with Crippen LogP contribution in [0.2, 0.25) is 0 Å². The number of thiophene rings is 1. The summed E-state index contributed by atoms with van der Waals surface area (Å²) in [7, 11) is 4.57. The molecule has 0 saturated carbocycles. The van der Waals surface area contributed by atoms with Crippen LogP contribution >= 0.6 is 21.0 Å². The van der Waals surface area contributed by atoms with Crippen LogP contribution < -0.4 is 5.10 Å². The van der Waals surface area contributed by atoms with Crippen LogP contribution in [0.15, 0.2) is 36.5 Å². The maximum atomic E-state index is 12.7. The van der Waals surface area contributed by atoms with Gasteiger partial charge in [-0.05, 0) is 54.8 Å². The summed E-state index contributed by atoms with van der Waals surface area (Å²) in [5.41, 5.74) is 0.329. The zero-order valence-electron chi connectivity index (χ0n) is 17.3. The summed E-state index contributed by atoms with van der Waals surface area (Å²) < 4.78 is 38.1. The molecular formula is C22H24ClF3N3RuS. The fourth-order valence-corrected chi connectivity index (χ4v) is 3.73. The fraction of sp³-hybridized carbons (Fsp3) is 0.318. The first-order valence-corrected chi connectivity index (χ1v) is 12.5. The van der Waals surface area contributed by atoms with E-state index < -0.39 is 11.9 Å². The van der Waals surface area contributed by atoms with E-state index in [0.29, 0.717) is 5.69 Å². The summed E-state index contributed by atoms with van der Waals surface area (Å²) in [5.74, 6) is 0. The first-order valence-electron chi connectivity index (χ1n) is 9.40. The molecule has 0 aliphatic rings. The first kappa shape index (κ1) is 27.5. The third kappa shape index (κ3) is 8.87. The minimum atomic E-state index is -4.50. The average Bonchev–Trinajstić information content (AvgIpc) is 3.41. The molecule has 0 amide bonds. The van der Waals surface area contributed by atoms with E-state index in [2.05, 4.69) is 43.9 Å². The number of hydrogen-bond acceptors (Lipinski definition) is 3. The Kier molecular flexibility index (Phi) is 12.3. The standard InChI is InChI=1S/C21H21F3N3S.CH3.ClH.Ru/c1-2-3-4-5-6-16-9-10-17(28-16)8-7-15-11-12-25-18(13-15)19-14-20(27-26-19)21(22,23)24;;;/h7-14H,2-6H2,1H3;1H3;1H;/q2*-1;;+3/p-1/b8-7+;;;. The van der Waals surface area contributed by atoms with Gasteiger partial charge in [0.25, 0.3) is 0 Å². The second-order valence-corrected chi connectivity index (χ2v) is 7.73. The van der Waals surface area contributed by atoms with Crippen LogP contribution in [0.4, 0.5) is 13.2 Å². The molecule has 0 aliphatic heterocycles. The van der Waals surface area contributed by atoms with Crippen LogP contribution in [-0.2, 0) is 29.9 Å². The third-order valence-electron chi connectivity index (χ3n) is 4.27. The van der Waals surface area contributed by atoms with Crippen molar-refractivity contribution >= 4 is 33.2 Å². The first-order chi connectivity index (χ1) is 14.5. The third-order valence-corrected chi connectivity index (χ3v) is 5.39. The number of unbranched alkanes of at least 4 members (excludes halogenated alkanes) is 3. The summed E-state index contributed by atoms with van der Waals surface area (Å²) in [5, 5.41) is 6.80. The van der Waals surface area contributed by atoms with Gasteiger partial charge in [-0.2, -0.15) is 13.2 Å². The molecule has 3 nitrogen and oxygen atoms in total. The maximum absolute atomic E-state index is 12.7. The van der Waals surface area contributed by atoms with Crippen LogP contribution in [-0.4, -0.2) is 10.1 Å². The molecule has 0 bridgehead atoms. The van der Waals surface area contributed by atoms with Crippen LogP contribution in [0.1, 0.15) is 53.6 Å². The Labute approximate surface area is 199 Å². The Bertz CT molecular complexity index is 938. The van der Waals surface area contributed by atoms with Gasteiger partial charge in [-0.15, -0.1) is 11.3 Å². The van der Waals surface area contributed by atoms with E-state index in [1.165, 1.54) is 30.6 Å². The topological polar surface area (TPSA) is 39.9 Å². The number of hydrogen-bond donors (Lipinski definition) is 0. The van der Waals surface area contributed by atoms with Crippen LogP contribution in [0.25, 0.3) is 23.5 Å². The predicted molar refractivity (Wildman–Crippen MR) is 119 cm³/mol. The van der Waals surface area contributed by atoms with Crippen molar-refractivity contribution in [1.29, 1.82) is 0 Å². The van der Waals surface area contributed by atoms with E-state index in [0.717, 1.165) is 22.9 Å². The van der Waals surface area contributed by atoms with Crippen molar-refractivity contribution in [3.05, 3.63) is 65.0 Å². The summed E-state index contributed by atoms with van der Waals surface area (Å²) in [4.78, 5) is 6.63. The van der Waals surface area contributed by atoms with Gasteiger partial charge in [0.05, 0.1) is 0 Å². The van der Waals surface area contributed by atoms with Crippen molar-refractivity contribution < 1.29 is 30.5 Å². The summed E-state index contributed by atoms with van der Waals surface area (Å²) in [6, 6.07) is 8.68. The number of rotatable bonds is 8. The molecule has 0 aliphatic carbocycles. The molecule has 0 unspecified atom stereocenters. The molecule has 0 radical (unpaired) electrons. The Balaban J connectivity index is 0.00000156. The van der Waals surface area contributed by atoms with Crippen LogP contribution in [0, 0.1) is 7.43 Å². The molecule has 0 aromatic carbocycles. The molecule has 0 N–H and O–H groups in total. The van der Waals surface area contributed by atoms with Crippen molar-refractivity contribution in [3.8, 4) is 11.4 Å². The Morgan fingerprint density at radius 2 is 1.87 bits per heavy atom. The normalized spacial score (nSPS) is 11.1. The molecule has 169 valence electrons. The predicted octanol–water partition coefficient (Wildman–Crippen LogP) is 7.61. The van der Waals surface area contributed by atoms with Gasteiger partial charge in [-0.1, -0.05) is 38.0 Å². The quantitative estimate of drug-likeness (QED) is 0.163. The number of alkyl halides is 3. The summed E-state index contributed by atoms with van der Waals surface area (Å²) >= 11 is 3.59.